The fourth-order valence-electron chi connectivity index (χ4n) is 3.64. The quantitative estimate of drug-likeness (QED) is 0.639. The van der Waals surface area contributed by atoms with Crippen molar-refractivity contribution in [3.05, 3.63) is 94.5 Å². The fraction of sp³-hybridized carbons (Fsp3) is 0.200. The van der Waals surface area contributed by atoms with E-state index in [1.807, 2.05) is 60.4 Å². The van der Waals surface area contributed by atoms with Crippen molar-refractivity contribution >= 4 is 34.8 Å². The van der Waals surface area contributed by atoms with Crippen LogP contribution in [0.4, 0.5) is 11.4 Å². The van der Waals surface area contributed by atoms with E-state index in [1.165, 1.54) is 0 Å². The number of aryl methyl sites for hydroxylation is 1. The highest BCUT2D eigenvalue weighted by Crippen LogP contribution is 2.21. The van der Waals surface area contributed by atoms with Crippen molar-refractivity contribution in [2.75, 3.05) is 36.4 Å². The first-order valence-corrected chi connectivity index (χ1v) is 10.7. The molecule has 3 aromatic carbocycles. The highest BCUT2D eigenvalue weighted by atomic mass is 35.5. The summed E-state index contributed by atoms with van der Waals surface area (Å²) < 4.78 is 0. The Morgan fingerprint density at radius 1 is 0.839 bits per heavy atom. The van der Waals surface area contributed by atoms with Gasteiger partial charge >= 0.3 is 0 Å². The molecule has 158 valence electrons. The van der Waals surface area contributed by atoms with E-state index in [0.29, 0.717) is 23.7 Å². The molecule has 5 nitrogen and oxygen atoms in total. The third-order valence-corrected chi connectivity index (χ3v) is 5.68. The van der Waals surface area contributed by atoms with E-state index in [2.05, 4.69) is 10.2 Å². The summed E-state index contributed by atoms with van der Waals surface area (Å²) in [6.07, 6.45) is 0. The summed E-state index contributed by atoms with van der Waals surface area (Å²) in [6.45, 7) is 4.92. The highest BCUT2D eigenvalue weighted by Gasteiger charge is 2.22. The summed E-state index contributed by atoms with van der Waals surface area (Å²) >= 11 is 5.96. The lowest BCUT2D eigenvalue weighted by atomic mass is 10.1. The number of hydrogen-bond acceptors (Lipinski definition) is 3. The van der Waals surface area contributed by atoms with Crippen molar-refractivity contribution in [1.82, 2.24) is 4.90 Å². The molecule has 0 saturated carbocycles. The Labute approximate surface area is 187 Å². The van der Waals surface area contributed by atoms with Gasteiger partial charge in [0.25, 0.3) is 11.8 Å². The van der Waals surface area contributed by atoms with Crippen molar-refractivity contribution < 1.29 is 9.59 Å². The van der Waals surface area contributed by atoms with Gasteiger partial charge in [0, 0.05) is 53.7 Å². The van der Waals surface area contributed by atoms with Crippen LogP contribution in [0.5, 0.6) is 0 Å². The second-order valence-corrected chi connectivity index (χ2v) is 8.09. The second-order valence-electron chi connectivity index (χ2n) is 7.66. The van der Waals surface area contributed by atoms with Crippen LogP contribution >= 0.6 is 11.6 Å². The van der Waals surface area contributed by atoms with Gasteiger partial charge < -0.3 is 15.1 Å². The third-order valence-electron chi connectivity index (χ3n) is 5.44. The van der Waals surface area contributed by atoms with Gasteiger partial charge in [-0.1, -0.05) is 35.4 Å². The molecule has 1 fully saturated rings. The summed E-state index contributed by atoms with van der Waals surface area (Å²) in [5.41, 5.74) is 4.20. The molecule has 4 rings (SSSR count). The number of hydrogen-bond donors (Lipinski definition) is 1. The molecule has 3 aromatic rings. The number of benzene rings is 3. The largest absolute Gasteiger partial charge is 0.368 e. The maximum atomic E-state index is 12.7. The molecule has 1 aliphatic heterocycles. The minimum atomic E-state index is -0.196. The van der Waals surface area contributed by atoms with Gasteiger partial charge in [-0.25, -0.2) is 0 Å². The number of anilines is 2. The number of carbonyl (C=O) groups excluding carboxylic acids is 2. The average molecular weight is 434 g/mol. The smallest absolute Gasteiger partial charge is 0.255 e. The van der Waals surface area contributed by atoms with Crippen LogP contribution in [0.3, 0.4) is 0 Å². The summed E-state index contributed by atoms with van der Waals surface area (Å²) in [5.74, 6) is -0.114. The lowest BCUT2D eigenvalue weighted by Gasteiger charge is -2.36. The number of halogens is 1. The van der Waals surface area contributed by atoms with Crippen LogP contribution in [-0.4, -0.2) is 42.9 Å². The molecule has 1 N–H and O–H groups in total. The first-order chi connectivity index (χ1) is 15.0. The molecule has 0 spiro atoms. The molecule has 6 heteroatoms. The second kappa shape index (κ2) is 9.23. The molecule has 0 bridgehead atoms. The van der Waals surface area contributed by atoms with Gasteiger partial charge in [0.05, 0.1) is 0 Å². The van der Waals surface area contributed by atoms with Crippen LogP contribution < -0.4 is 10.2 Å². The zero-order valence-electron chi connectivity index (χ0n) is 17.3. The fourth-order valence-corrected chi connectivity index (χ4v) is 3.83. The Hall–Kier alpha value is -3.31. The molecule has 1 saturated heterocycles. The van der Waals surface area contributed by atoms with Crippen molar-refractivity contribution in [3.8, 4) is 0 Å². The number of nitrogens with zero attached hydrogens (tertiary/aromatic N) is 2. The van der Waals surface area contributed by atoms with Crippen molar-refractivity contribution in [2.45, 2.75) is 6.92 Å². The molecule has 31 heavy (non-hydrogen) atoms. The van der Waals surface area contributed by atoms with Gasteiger partial charge in [0.1, 0.15) is 0 Å². The summed E-state index contributed by atoms with van der Waals surface area (Å²) in [7, 11) is 0. The van der Waals surface area contributed by atoms with Gasteiger partial charge in [-0.3, -0.25) is 9.59 Å². The minimum absolute atomic E-state index is 0.0822. The first-order valence-electron chi connectivity index (χ1n) is 10.3. The van der Waals surface area contributed by atoms with Crippen LogP contribution in [0.25, 0.3) is 0 Å². The number of amides is 2. The molecule has 1 aliphatic rings. The normalized spacial score (nSPS) is 13.7. The van der Waals surface area contributed by atoms with Gasteiger partial charge in [-0.2, -0.15) is 0 Å². The van der Waals surface area contributed by atoms with E-state index >= 15 is 0 Å². The SMILES string of the molecule is Cc1ccc(C(=O)N2CCN(c3ccc(NC(=O)c4cccc(Cl)c4)cc3)CC2)cc1. The van der Waals surface area contributed by atoms with E-state index in [4.69, 9.17) is 11.6 Å². The Morgan fingerprint density at radius 2 is 1.52 bits per heavy atom. The van der Waals surface area contributed by atoms with Crippen LogP contribution in [-0.2, 0) is 0 Å². The standard InChI is InChI=1S/C25H24ClN3O2/c1-18-5-7-19(8-6-18)25(31)29-15-13-28(14-16-29)23-11-9-22(10-12-23)27-24(30)20-3-2-4-21(26)17-20/h2-12,17H,13-16H2,1H3,(H,27,30). The Bertz CT molecular complexity index is 1070. The number of nitrogens with one attached hydrogen (secondary N) is 1. The Balaban J connectivity index is 1.33. The van der Waals surface area contributed by atoms with Gasteiger partial charge in [-0.15, -0.1) is 0 Å². The highest BCUT2D eigenvalue weighted by molar-refractivity contribution is 6.31. The topological polar surface area (TPSA) is 52.7 Å². The molecule has 0 unspecified atom stereocenters. The minimum Gasteiger partial charge on any atom is -0.368 e. The summed E-state index contributed by atoms with van der Waals surface area (Å²) in [4.78, 5) is 29.2. The Morgan fingerprint density at radius 3 is 2.16 bits per heavy atom. The predicted octanol–water partition coefficient (Wildman–Crippen LogP) is 4.86. The lowest BCUT2D eigenvalue weighted by molar-refractivity contribution is 0.0746. The van der Waals surface area contributed by atoms with Gasteiger partial charge in [0.2, 0.25) is 0 Å². The summed E-state index contributed by atoms with van der Waals surface area (Å²) in [5, 5.41) is 3.42. The van der Waals surface area contributed by atoms with E-state index in [-0.39, 0.29) is 11.8 Å². The van der Waals surface area contributed by atoms with E-state index in [0.717, 1.165) is 35.6 Å². The number of carbonyl (C=O) groups is 2. The van der Waals surface area contributed by atoms with Crippen LogP contribution in [0.2, 0.25) is 5.02 Å². The van der Waals surface area contributed by atoms with E-state index in [1.54, 1.807) is 24.3 Å². The van der Waals surface area contributed by atoms with Crippen molar-refractivity contribution in [2.24, 2.45) is 0 Å². The molecule has 1 heterocycles. The first kappa shape index (κ1) is 20.9. The molecule has 0 aliphatic carbocycles. The number of piperazine rings is 1. The van der Waals surface area contributed by atoms with Crippen molar-refractivity contribution in [3.63, 3.8) is 0 Å². The summed E-state index contributed by atoms with van der Waals surface area (Å²) in [6, 6.07) is 22.3. The zero-order chi connectivity index (χ0) is 21.8. The molecular formula is C25H24ClN3O2. The maximum absolute atomic E-state index is 12.7. The van der Waals surface area contributed by atoms with Crippen LogP contribution in [0.15, 0.2) is 72.8 Å². The molecule has 0 aromatic heterocycles. The monoisotopic (exact) mass is 433 g/mol. The number of rotatable bonds is 4. The predicted molar refractivity (Wildman–Crippen MR) is 125 cm³/mol. The van der Waals surface area contributed by atoms with Gasteiger partial charge in [-0.05, 0) is 61.5 Å². The maximum Gasteiger partial charge on any atom is 0.255 e. The molecule has 0 atom stereocenters. The third kappa shape index (κ3) is 5.06. The van der Waals surface area contributed by atoms with Crippen LogP contribution in [0, 0.1) is 6.92 Å². The van der Waals surface area contributed by atoms with Crippen molar-refractivity contribution in [1.29, 1.82) is 0 Å². The van der Waals surface area contributed by atoms with Crippen LogP contribution in [0.1, 0.15) is 26.3 Å². The average Bonchev–Trinajstić information content (AvgIpc) is 2.80. The molecule has 2 amide bonds. The lowest BCUT2D eigenvalue weighted by Crippen LogP contribution is -2.48. The Kier molecular flexibility index (Phi) is 6.23. The molecular weight excluding hydrogens is 410 g/mol. The molecule has 0 radical (unpaired) electrons. The van der Waals surface area contributed by atoms with E-state index in [9.17, 15) is 9.59 Å². The zero-order valence-corrected chi connectivity index (χ0v) is 18.1. The van der Waals surface area contributed by atoms with E-state index < -0.39 is 0 Å². The van der Waals surface area contributed by atoms with Gasteiger partial charge in [0.15, 0.2) is 0 Å².